The highest BCUT2D eigenvalue weighted by molar-refractivity contribution is 5.83. The number of nitrogens with one attached hydrogen (secondary N) is 2. The van der Waals surface area contributed by atoms with Gasteiger partial charge >= 0.3 is 5.69 Å². The summed E-state index contributed by atoms with van der Waals surface area (Å²) in [6, 6.07) is 2.42. The summed E-state index contributed by atoms with van der Waals surface area (Å²) in [6.07, 6.45) is 2.48. The first-order chi connectivity index (χ1) is 13.8. The molecule has 154 valence electrons. The maximum absolute atomic E-state index is 15.4. The molecule has 1 aliphatic heterocycles. The lowest BCUT2D eigenvalue weighted by Gasteiger charge is -2.29. The van der Waals surface area contributed by atoms with Gasteiger partial charge < -0.3 is 11.2 Å². The van der Waals surface area contributed by atoms with Gasteiger partial charge in [-0.25, -0.2) is 9.18 Å². The van der Waals surface area contributed by atoms with Crippen LogP contribution in [-0.2, 0) is 0 Å². The Labute approximate surface area is 167 Å². The molecule has 2 heterocycles. The zero-order chi connectivity index (χ0) is 20.9. The number of nitrogens with two attached hydrogens (primary N) is 1. The van der Waals surface area contributed by atoms with Crippen LogP contribution >= 0.6 is 0 Å². The third-order valence-corrected chi connectivity index (χ3v) is 6.06. The average Bonchev–Trinajstić information content (AvgIpc) is 3.38. The standard InChI is InChI=1S/C20H25FN6O2/c1-10(8-22)25-17(12-5-6-24-9-12)16-11(2)18-14(7-15(16)21)19(28)27(23)20(29)26(18)13-3-4-13/h7,10,12-13,17,24-25H,3-6,9,23H2,1-2H3. The van der Waals surface area contributed by atoms with Gasteiger partial charge in [0.25, 0.3) is 5.56 Å². The summed E-state index contributed by atoms with van der Waals surface area (Å²) < 4.78 is 17.5. The van der Waals surface area contributed by atoms with Crippen LogP contribution in [0.2, 0.25) is 0 Å². The van der Waals surface area contributed by atoms with E-state index in [4.69, 9.17) is 5.84 Å². The monoisotopic (exact) mass is 400 g/mol. The second-order valence-electron chi connectivity index (χ2n) is 8.10. The summed E-state index contributed by atoms with van der Waals surface area (Å²) in [5.74, 6) is 5.25. The van der Waals surface area contributed by atoms with E-state index in [1.54, 1.807) is 13.8 Å². The molecule has 2 aromatic rings. The van der Waals surface area contributed by atoms with Crippen LogP contribution in [0.5, 0.6) is 0 Å². The lowest BCUT2D eigenvalue weighted by Crippen LogP contribution is -2.45. The molecule has 1 aromatic heterocycles. The van der Waals surface area contributed by atoms with Crippen molar-refractivity contribution in [2.45, 2.75) is 51.2 Å². The van der Waals surface area contributed by atoms with Crippen molar-refractivity contribution in [1.29, 1.82) is 5.26 Å². The van der Waals surface area contributed by atoms with E-state index in [1.165, 1.54) is 10.6 Å². The molecule has 0 bridgehead atoms. The second-order valence-corrected chi connectivity index (χ2v) is 8.10. The fourth-order valence-corrected chi connectivity index (χ4v) is 4.46. The van der Waals surface area contributed by atoms with Crippen LogP contribution in [0.15, 0.2) is 15.7 Å². The van der Waals surface area contributed by atoms with Gasteiger partial charge in [-0.1, -0.05) is 0 Å². The molecular formula is C20H25FN6O2. The average molecular weight is 400 g/mol. The lowest BCUT2D eigenvalue weighted by atomic mass is 9.87. The third kappa shape index (κ3) is 3.22. The van der Waals surface area contributed by atoms with E-state index in [0.29, 0.717) is 27.9 Å². The van der Waals surface area contributed by atoms with Gasteiger partial charge in [-0.3, -0.25) is 14.7 Å². The lowest BCUT2D eigenvalue weighted by molar-refractivity contribution is 0.360. The number of aryl methyl sites for hydroxylation is 1. The third-order valence-electron chi connectivity index (χ3n) is 6.06. The molecule has 8 nitrogen and oxygen atoms in total. The van der Waals surface area contributed by atoms with Gasteiger partial charge in [0.15, 0.2) is 0 Å². The van der Waals surface area contributed by atoms with E-state index >= 15 is 4.39 Å². The Bertz CT molecular complexity index is 1120. The van der Waals surface area contributed by atoms with Gasteiger partial charge in [-0.15, -0.1) is 0 Å². The second kappa shape index (κ2) is 7.28. The molecule has 1 aromatic carbocycles. The molecule has 2 fully saturated rings. The van der Waals surface area contributed by atoms with Crippen LogP contribution in [-0.4, -0.2) is 28.4 Å². The number of nitrogens with zero attached hydrogens (tertiary/aromatic N) is 3. The van der Waals surface area contributed by atoms with E-state index in [-0.39, 0.29) is 17.3 Å². The Kier molecular flexibility index (Phi) is 4.92. The highest BCUT2D eigenvalue weighted by Crippen LogP contribution is 2.39. The summed E-state index contributed by atoms with van der Waals surface area (Å²) in [7, 11) is 0. The van der Waals surface area contributed by atoms with Crippen LogP contribution in [0, 0.1) is 30.0 Å². The molecule has 29 heavy (non-hydrogen) atoms. The molecule has 0 radical (unpaired) electrons. The number of hydrogen-bond donors (Lipinski definition) is 3. The van der Waals surface area contributed by atoms with Crippen LogP contribution in [0.25, 0.3) is 10.9 Å². The summed E-state index contributed by atoms with van der Waals surface area (Å²) >= 11 is 0. The summed E-state index contributed by atoms with van der Waals surface area (Å²) in [4.78, 5) is 25.3. The van der Waals surface area contributed by atoms with Crippen molar-refractivity contribution in [2.75, 3.05) is 18.9 Å². The maximum atomic E-state index is 15.4. The van der Waals surface area contributed by atoms with Crippen molar-refractivity contribution >= 4 is 10.9 Å². The Morgan fingerprint density at radius 3 is 2.69 bits per heavy atom. The van der Waals surface area contributed by atoms with Gasteiger partial charge in [0.1, 0.15) is 5.82 Å². The van der Waals surface area contributed by atoms with Crippen molar-refractivity contribution in [3.8, 4) is 6.07 Å². The Morgan fingerprint density at radius 2 is 2.10 bits per heavy atom. The molecule has 1 aliphatic carbocycles. The SMILES string of the molecule is Cc1c(C(NC(C)C#N)C2CCNC2)c(F)cc2c(=O)n(N)c(=O)n(C3CC3)c12. The quantitative estimate of drug-likeness (QED) is 0.640. The fourth-order valence-electron chi connectivity index (χ4n) is 4.46. The number of fused-ring (bicyclic) bond motifs is 1. The van der Waals surface area contributed by atoms with Crippen molar-refractivity contribution < 1.29 is 4.39 Å². The number of nitrogen functional groups attached to an aromatic ring is 1. The van der Waals surface area contributed by atoms with Crippen LogP contribution < -0.4 is 27.7 Å². The molecule has 3 atom stereocenters. The normalized spacial score (nSPS) is 21.2. The first-order valence-electron chi connectivity index (χ1n) is 9.96. The van der Waals surface area contributed by atoms with Gasteiger partial charge in [0.05, 0.1) is 23.0 Å². The molecule has 1 saturated heterocycles. The van der Waals surface area contributed by atoms with E-state index in [0.717, 1.165) is 25.8 Å². The minimum absolute atomic E-state index is 0.0324. The zero-order valence-electron chi connectivity index (χ0n) is 16.5. The van der Waals surface area contributed by atoms with Crippen LogP contribution in [0.3, 0.4) is 0 Å². The zero-order valence-corrected chi connectivity index (χ0v) is 16.5. The Balaban J connectivity index is 2.00. The van der Waals surface area contributed by atoms with Crippen LogP contribution in [0.1, 0.15) is 49.4 Å². The Hall–Kier alpha value is -2.70. The number of rotatable bonds is 5. The summed E-state index contributed by atoms with van der Waals surface area (Å²) in [5, 5.41) is 15.9. The molecule has 2 aliphatic rings. The van der Waals surface area contributed by atoms with Gasteiger partial charge in [0.2, 0.25) is 0 Å². The summed E-state index contributed by atoms with van der Waals surface area (Å²) in [6.45, 7) is 5.00. The highest BCUT2D eigenvalue weighted by atomic mass is 19.1. The van der Waals surface area contributed by atoms with E-state index in [1.807, 2.05) is 0 Å². The van der Waals surface area contributed by atoms with Crippen LogP contribution in [0.4, 0.5) is 4.39 Å². The van der Waals surface area contributed by atoms with Gasteiger partial charge in [-0.05, 0) is 63.7 Å². The molecular weight excluding hydrogens is 375 g/mol. The fraction of sp³-hybridized carbons (Fsp3) is 0.550. The molecule has 0 amide bonds. The number of hydrogen-bond acceptors (Lipinski definition) is 6. The first kappa shape index (κ1) is 19.6. The Morgan fingerprint density at radius 1 is 1.38 bits per heavy atom. The predicted molar refractivity (Wildman–Crippen MR) is 108 cm³/mol. The van der Waals surface area contributed by atoms with Crippen molar-refractivity contribution in [3.05, 3.63) is 43.8 Å². The smallest absolute Gasteiger partial charge is 0.332 e. The van der Waals surface area contributed by atoms with E-state index < -0.39 is 29.1 Å². The maximum Gasteiger partial charge on any atom is 0.350 e. The van der Waals surface area contributed by atoms with Gasteiger partial charge in [-0.2, -0.15) is 9.94 Å². The topological polar surface area (TPSA) is 118 Å². The largest absolute Gasteiger partial charge is 0.350 e. The van der Waals surface area contributed by atoms with Crippen molar-refractivity contribution in [3.63, 3.8) is 0 Å². The molecule has 9 heteroatoms. The molecule has 3 unspecified atom stereocenters. The van der Waals surface area contributed by atoms with E-state index in [9.17, 15) is 14.9 Å². The molecule has 4 rings (SSSR count). The number of nitriles is 1. The first-order valence-corrected chi connectivity index (χ1v) is 9.96. The number of aromatic nitrogens is 2. The minimum Gasteiger partial charge on any atom is -0.332 e. The molecule has 4 N–H and O–H groups in total. The van der Waals surface area contributed by atoms with Gasteiger partial charge in [0, 0.05) is 17.6 Å². The summed E-state index contributed by atoms with van der Waals surface area (Å²) in [5.41, 5.74) is 0.131. The number of benzene rings is 1. The van der Waals surface area contributed by atoms with E-state index in [2.05, 4.69) is 16.7 Å². The molecule has 1 saturated carbocycles. The molecule has 0 spiro atoms. The van der Waals surface area contributed by atoms with Crippen molar-refractivity contribution in [2.24, 2.45) is 5.92 Å². The highest BCUT2D eigenvalue weighted by Gasteiger charge is 2.34. The predicted octanol–water partition coefficient (Wildman–Crippen LogP) is 0.812. The minimum atomic E-state index is -0.701. The van der Waals surface area contributed by atoms with Crippen molar-refractivity contribution in [1.82, 2.24) is 19.9 Å². The number of halogens is 1.